The van der Waals surface area contributed by atoms with Gasteiger partial charge in [0.2, 0.25) is 5.91 Å². The van der Waals surface area contributed by atoms with Gasteiger partial charge in [-0.3, -0.25) is 4.79 Å². The molecule has 1 aliphatic rings. The molecule has 1 saturated heterocycles. The van der Waals surface area contributed by atoms with Gasteiger partial charge >= 0.3 is 0 Å². The van der Waals surface area contributed by atoms with E-state index in [2.05, 4.69) is 15.2 Å². The number of nitrogens with one attached hydrogen (secondary N) is 1. The largest absolute Gasteiger partial charge is 0.478 e. The van der Waals surface area contributed by atoms with Crippen LogP contribution in [0.15, 0.2) is 48.5 Å². The lowest BCUT2D eigenvalue weighted by Crippen LogP contribution is -2.39. The standard InChI is InChI=1S/C21H21FN4O2/c1-28-21-19(23-17-8-4-5-9-18(17)25-21)26-12-10-14(11-13-26)20(27)24-16-7-3-2-6-15(16)22/h2-9,14H,10-13H2,1H3,(H,24,27). The van der Waals surface area contributed by atoms with Crippen LogP contribution in [-0.2, 0) is 4.79 Å². The van der Waals surface area contributed by atoms with Crippen LogP contribution in [0.25, 0.3) is 11.0 Å². The molecule has 1 amide bonds. The zero-order chi connectivity index (χ0) is 19.5. The van der Waals surface area contributed by atoms with Gasteiger partial charge in [-0.1, -0.05) is 24.3 Å². The third kappa shape index (κ3) is 3.60. The first-order chi connectivity index (χ1) is 13.7. The van der Waals surface area contributed by atoms with Gasteiger partial charge in [-0.2, -0.15) is 0 Å². The molecule has 0 bridgehead atoms. The first-order valence-electron chi connectivity index (χ1n) is 9.27. The van der Waals surface area contributed by atoms with E-state index in [1.165, 1.54) is 6.07 Å². The molecule has 1 N–H and O–H groups in total. The second kappa shape index (κ2) is 7.80. The Labute approximate surface area is 162 Å². The van der Waals surface area contributed by atoms with Crippen molar-refractivity contribution in [2.45, 2.75) is 12.8 Å². The molecule has 0 aliphatic carbocycles. The molecule has 2 heterocycles. The first kappa shape index (κ1) is 18.2. The summed E-state index contributed by atoms with van der Waals surface area (Å²) in [6.07, 6.45) is 1.30. The smallest absolute Gasteiger partial charge is 0.257 e. The number of benzene rings is 2. The summed E-state index contributed by atoms with van der Waals surface area (Å²) in [5.74, 6) is 0.420. The van der Waals surface area contributed by atoms with Crippen molar-refractivity contribution in [2.24, 2.45) is 5.92 Å². The summed E-state index contributed by atoms with van der Waals surface area (Å²) in [6, 6.07) is 13.9. The zero-order valence-electron chi connectivity index (χ0n) is 15.6. The number of aromatic nitrogens is 2. The molecule has 1 fully saturated rings. The Morgan fingerprint density at radius 2 is 1.71 bits per heavy atom. The Morgan fingerprint density at radius 3 is 2.39 bits per heavy atom. The monoisotopic (exact) mass is 380 g/mol. The van der Waals surface area contributed by atoms with E-state index in [0.29, 0.717) is 37.6 Å². The molecule has 1 aromatic heterocycles. The normalized spacial score (nSPS) is 14.9. The second-order valence-electron chi connectivity index (χ2n) is 6.78. The third-order valence-electron chi connectivity index (χ3n) is 5.01. The number of carbonyl (C=O) groups excluding carboxylic acids is 1. The fourth-order valence-corrected chi connectivity index (χ4v) is 3.47. The van der Waals surface area contributed by atoms with Crippen LogP contribution in [0.2, 0.25) is 0 Å². The van der Waals surface area contributed by atoms with E-state index in [-0.39, 0.29) is 17.5 Å². The van der Waals surface area contributed by atoms with Gasteiger partial charge in [0.1, 0.15) is 5.82 Å². The molecule has 0 saturated carbocycles. The van der Waals surface area contributed by atoms with E-state index in [1.54, 1.807) is 25.3 Å². The van der Waals surface area contributed by atoms with Crippen molar-refractivity contribution < 1.29 is 13.9 Å². The van der Waals surface area contributed by atoms with Crippen molar-refractivity contribution in [1.29, 1.82) is 0 Å². The van der Waals surface area contributed by atoms with Crippen molar-refractivity contribution in [3.05, 3.63) is 54.3 Å². The molecule has 0 atom stereocenters. The number of rotatable bonds is 4. The Kier molecular flexibility index (Phi) is 5.06. The predicted molar refractivity (Wildman–Crippen MR) is 106 cm³/mol. The van der Waals surface area contributed by atoms with Crippen LogP contribution in [0, 0.1) is 11.7 Å². The van der Waals surface area contributed by atoms with E-state index in [9.17, 15) is 9.18 Å². The van der Waals surface area contributed by atoms with Crippen LogP contribution in [0.4, 0.5) is 15.9 Å². The first-order valence-corrected chi connectivity index (χ1v) is 9.27. The Morgan fingerprint density at radius 1 is 1.07 bits per heavy atom. The van der Waals surface area contributed by atoms with Crippen molar-refractivity contribution in [2.75, 3.05) is 30.4 Å². The van der Waals surface area contributed by atoms with Gasteiger partial charge in [0.25, 0.3) is 5.88 Å². The number of fused-ring (bicyclic) bond motifs is 1. The van der Waals surface area contributed by atoms with Gasteiger partial charge in [-0.15, -0.1) is 0 Å². The molecule has 144 valence electrons. The maximum atomic E-state index is 13.8. The second-order valence-corrected chi connectivity index (χ2v) is 6.78. The number of methoxy groups -OCH3 is 1. The summed E-state index contributed by atoms with van der Waals surface area (Å²) in [4.78, 5) is 23.8. The highest BCUT2D eigenvalue weighted by Gasteiger charge is 2.28. The highest BCUT2D eigenvalue weighted by molar-refractivity contribution is 5.92. The minimum Gasteiger partial charge on any atom is -0.478 e. The quantitative estimate of drug-likeness (QED) is 0.749. The Bertz CT molecular complexity index is 1000. The number of anilines is 2. The fraction of sp³-hybridized carbons (Fsp3) is 0.286. The number of hydrogen-bond acceptors (Lipinski definition) is 5. The van der Waals surface area contributed by atoms with Crippen LogP contribution >= 0.6 is 0 Å². The zero-order valence-corrected chi connectivity index (χ0v) is 15.6. The predicted octanol–water partition coefficient (Wildman–Crippen LogP) is 3.63. The van der Waals surface area contributed by atoms with Crippen molar-refractivity contribution in [3.63, 3.8) is 0 Å². The minimum atomic E-state index is -0.426. The topological polar surface area (TPSA) is 67.4 Å². The molecule has 0 spiro atoms. The van der Waals surface area contributed by atoms with E-state index < -0.39 is 5.82 Å². The van der Waals surface area contributed by atoms with Gasteiger partial charge in [-0.25, -0.2) is 14.4 Å². The van der Waals surface area contributed by atoms with E-state index >= 15 is 0 Å². The van der Waals surface area contributed by atoms with Crippen molar-refractivity contribution in [3.8, 4) is 5.88 Å². The van der Waals surface area contributed by atoms with E-state index in [0.717, 1.165) is 11.0 Å². The molecule has 28 heavy (non-hydrogen) atoms. The molecule has 0 unspecified atom stereocenters. The van der Waals surface area contributed by atoms with Crippen LogP contribution in [-0.4, -0.2) is 36.1 Å². The number of carbonyl (C=O) groups is 1. The number of piperidine rings is 1. The summed E-state index contributed by atoms with van der Waals surface area (Å²) in [6.45, 7) is 1.30. The molecule has 1 aliphatic heterocycles. The lowest BCUT2D eigenvalue weighted by atomic mass is 9.95. The summed E-state index contributed by atoms with van der Waals surface area (Å²) < 4.78 is 19.2. The molecule has 3 aromatic rings. The number of hydrogen-bond donors (Lipinski definition) is 1. The fourth-order valence-electron chi connectivity index (χ4n) is 3.47. The lowest BCUT2D eigenvalue weighted by molar-refractivity contribution is -0.120. The highest BCUT2D eigenvalue weighted by atomic mass is 19.1. The molecular weight excluding hydrogens is 359 g/mol. The van der Waals surface area contributed by atoms with Crippen LogP contribution in [0.3, 0.4) is 0 Å². The number of halogens is 1. The number of para-hydroxylation sites is 3. The van der Waals surface area contributed by atoms with Crippen LogP contribution in [0.5, 0.6) is 5.88 Å². The molecule has 7 heteroatoms. The summed E-state index contributed by atoms with van der Waals surface area (Å²) in [5, 5.41) is 2.70. The summed E-state index contributed by atoms with van der Waals surface area (Å²) in [7, 11) is 1.58. The number of nitrogens with zero attached hydrogens (tertiary/aromatic N) is 3. The third-order valence-corrected chi connectivity index (χ3v) is 5.01. The Balaban J connectivity index is 1.46. The van der Waals surface area contributed by atoms with Gasteiger partial charge in [0, 0.05) is 19.0 Å². The maximum Gasteiger partial charge on any atom is 0.257 e. The van der Waals surface area contributed by atoms with E-state index in [1.807, 2.05) is 24.3 Å². The number of ether oxygens (including phenoxy) is 1. The average Bonchev–Trinajstić information content (AvgIpc) is 2.74. The molecule has 0 radical (unpaired) electrons. The number of amides is 1. The van der Waals surface area contributed by atoms with Gasteiger partial charge in [0.15, 0.2) is 5.82 Å². The van der Waals surface area contributed by atoms with Gasteiger partial charge in [-0.05, 0) is 37.1 Å². The average molecular weight is 380 g/mol. The summed E-state index contributed by atoms with van der Waals surface area (Å²) >= 11 is 0. The maximum absolute atomic E-state index is 13.8. The molecule has 2 aromatic carbocycles. The van der Waals surface area contributed by atoms with Crippen molar-refractivity contribution in [1.82, 2.24) is 9.97 Å². The minimum absolute atomic E-state index is 0.152. The molecule has 6 nitrogen and oxygen atoms in total. The van der Waals surface area contributed by atoms with Crippen LogP contribution in [0.1, 0.15) is 12.8 Å². The SMILES string of the molecule is COc1nc2ccccc2nc1N1CCC(C(=O)Nc2ccccc2F)CC1. The highest BCUT2D eigenvalue weighted by Crippen LogP contribution is 2.30. The lowest BCUT2D eigenvalue weighted by Gasteiger charge is -2.32. The van der Waals surface area contributed by atoms with E-state index in [4.69, 9.17) is 9.72 Å². The Hall–Kier alpha value is -3.22. The van der Waals surface area contributed by atoms with Gasteiger partial charge < -0.3 is 15.0 Å². The van der Waals surface area contributed by atoms with Gasteiger partial charge in [0.05, 0.1) is 23.8 Å². The summed E-state index contributed by atoms with van der Waals surface area (Å²) in [5.41, 5.74) is 1.80. The van der Waals surface area contributed by atoms with Crippen LogP contribution < -0.4 is 15.0 Å². The molecule has 4 rings (SSSR count). The van der Waals surface area contributed by atoms with Crippen molar-refractivity contribution >= 4 is 28.4 Å². The molecular formula is C21H21FN4O2.